The molecule has 1 aromatic heterocycles. The lowest BCUT2D eigenvalue weighted by Gasteiger charge is -2.39. The standard InChI is InChI=1S/C23H29ClN4/c24-21-11-9-20(10-12-21)23(22-8-4-6-14-26-22)28-18-16-27(17-19-28)15-7-3-1-2-5-13-25/h4,6,8-12,14,23H,1-3,5,7,15-19H2. The summed E-state index contributed by atoms with van der Waals surface area (Å²) in [6.07, 6.45) is 7.23. The molecule has 3 rings (SSSR count). The highest BCUT2D eigenvalue weighted by atomic mass is 35.5. The number of nitriles is 1. The highest BCUT2D eigenvalue weighted by Crippen LogP contribution is 2.29. The Hall–Kier alpha value is -1.93. The van der Waals surface area contributed by atoms with Crippen molar-refractivity contribution >= 4 is 11.6 Å². The molecule has 1 aliphatic heterocycles. The van der Waals surface area contributed by atoms with E-state index >= 15 is 0 Å². The second-order valence-electron chi connectivity index (χ2n) is 7.41. The first-order valence-electron chi connectivity index (χ1n) is 10.3. The molecule has 0 radical (unpaired) electrons. The van der Waals surface area contributed by atoms with Gasteiger partial charge in [0.15, 0.2) is 0 Å². The van der Waals surface area contributed by atoms with Crippen LogP contribution in [-0.2, 0) is 0 Å². The third-order valence-corrected chi connectivity index (χ3v) is 5.69. The fourth-order valence-corrected chi connectivity index (χ4v) is 4.02. The molecule has 2 aromatic rings. The Balaban J connectivity index is 1.56. The van der Waals surface area contributed by atoms with Crippen molar-refractivity contribution in [1.29, 1.82) is 5.26 Å². The SMILES string of the molecule is N#CCCCCCCN1CCN(C(c2ccc(Cl)cc2)c2ccccn2)CC1. The minimum Gasteiger partial charge on any atom is -0.301 e. The number of halogens is 1. The molecule has 0 amide bonds. The van der Waals surface area contributed by atoms with Crippen LogP contribution in [0.15, 0.2) is 48.7 Å². The van der Waals surface area contributed by atoms with Gasteiger partial charge in [0, 0.05) is 43.8 Å². The third-order valence-electron chi connectivity index (χ3n) is 5.44. The quantitative estimate of drug-likeness (QED) is 0.564. The topological polar surface area (TPSA) is 43.2 Å². The molecule has 0 saturated carbocycles. The van der Waals surface area contributed by atoms with E-state index in [1.54, 1.807) is 0 Å². The van der Waals surface area contributed by atoms with E-state index in [1.165, 1.54) is 24.8 Å². The lowest BCUT2D eigenvalue weighted by molar-refractivity contribution is 0.107. The summed E-state index contributed by atoms with van der Waals surface area (Å²) < 4.78 is 0. The van der Waals surface area contributed by atoms with Gasteiger partial charge in [-0.1, -0.05) is 42.6 Å². The van der Waals surface area contributed by atoms with E-state index in [0.717, 1.165) is 49.9 Å². The van der Waals surface area contributed by atoms with E-state index in [9.17, 15) is 0 Å². The van der Waals surface area contributed by atoms with Crippen LogP contribution in [0.4, 0.5) is 0 Å². The van der Waals surface area contributed by atoms with E-state index in [1.807, 2.05) is 24.4 Å². The van der Waals surface area contributed by atoms with Gasteiger partial charge in [-0.05, 0) is 49.2 Å². The van der Waals surface area contributed by atoms with Gasteiger partial charge in [-0.3, -0.25) is 9.88 Å². The summed E-state index contributed by atoms with van der Waals surface area (Å²) in [6.45, 7) is 5.43. The number of benzene rings is 1. The summed E-state index contributed by atoms with van der Waals surface area (Å²) in [4.78, 5) is 9.75. The Morgan fingerprint density at radius 3 is 2.39 bits per heavy atom. The van der Waals surface area contributed by atoms with Crippen molar-refractivity contribution in [2.45, 2.75) is 38.1 Å². The molecule has 1 aliphatic rings. The molecule has 5 heteroatoms. The van der Waals surface area contributed by atoms with Crippen molar-refractivity contribution in [2.75, 3.05) is 32.7 Å². The fraction of sp³-hybridized carbons (Fsp3) is 0.478. The summed E-state index contributed by atoms with van der Waals surface area (Å²) in [7, 11) is 0. The molecule has 2 heterocycles. The molecule has 0 aliphatic carbocycles. The Bertz CT molecular complexity index is 733. The highest BCUT2D eigenvalue weighted by Gasteiger charge is 2.27. The Kier molecular flexibility index (Phi) is 8.29. The minimum absolute atomic E-state index is 0.173. The zero-order valence-corrected chi connectivity index (χ0v) is 17.2. The molecule has 0 bridgehead atoms. The number of piperazine rings is 1. The van der Waals surface area contributed by atoms with Gasteiger partial charge >= 0.3 is 0 Å². The average molecular weight is 397 g/mol. The maximum atomic E-state index is 8.60. The average Bonchev–Trinajstić information content (AvgIpc) is 2.74. The number of aromatic nitrogens is 1. The first kappa shape index (κ1) is 20.8. The monoisotopic (exact) mass is 396 g/mol. The largest absolute Gasteiger partial charge is 0.301 e. The number of pyridine rings is 1. The molecular formula is C23H29ClN4. The zero-order valence-electron chi connectivity index (χ0n) is 16.4. The maximum Gasteiger partial charge on any atom is 0.0777 e. The van der Waals surface area contributed by atoms with Crippen LogP contribution in [0.5, 0.6) is 0 Å². The molecular weight excluding hydrogens is 368 g/mol. The van der Waals surface area contributed by atoms with E-state index in [-0.39, 0.29) is 6.04 Å². The van der Waals surface area contributed by atoms with Crippen LogP contribution in [-0.4, -0.2) is 47.5 Å². The first-order valence-corrected chi connectivity index (χ1v) is 10.7. The van der Waals surface area contributed by atoms with Crippen LogP contribution in [0.1, 0.15) is 49.4 Å². The second-order valence-corrected chi connectivity index (χ2v) is 7.85. The Labute approximate surface area is 173 Å². The molecule has 28 heavy (non-hydrogen) atoms. The summed E-state index contributed by atoms with van der Waals surface area (Å²) >= 11 is 6.10. The zero-order chi connectivity index (χ0) is 19.6. The predicted octanol–water partition coefficient (Wildman–Crippen LogP) is 4.92. The molecule has 1 saturated heterocycles. The number of hydrogen-bond donors (Lipinski definition) is 0. The molecule has 1 unspecified atom stereocenters. The summed E-state index contributed by atoms with van der Waals surface area (Å²) in [6, 6.07) is 16.7. The van der Waals surface area contributed by atoms with Gasteiger partial charge in [-0.15, -0.1) is 0 Å². The number of nitrogens with zero attached hydrogens (tertiary/aromatic N) is 4. The van der Waals surface area contributed by atoms with Gasteiger partial charge < -0.3 is 4.90 Å². The van der Waals surface area contributed by atoms with Crippen LogP contribution < -0.4 is 0 Å². The van der Waals surface area contributed by atoms with Crippen molar-refractivity contribution in [3.05, 3.63) is 64.9 Å². The molecule has 0 N–H and O–H groups in total. The van der Waals surface area contributed by atoms with Gasteiger partial charge in [0.25, 0.3) is 0 Å². The summed E-state index contributed by atoms with van der Waals surface area (Å²) in [5, 5.41) is 9.37. The van der Waals surface area contributed by atoms with Gasteiger partial charge in [-0.25, -0.2) is 0 Å². The second kappa shape index (κ2) is 11.2. The lowest BCUT2D eigenvalue weighted by atomic mass is 10.0. The number of hydrogen-bond acceptors (Lipinski definition) is 4. The van der Waals surface area contributed by atoms with Crippen LogP contribution in [0.2, 0.25) is 5.02 Å². The van der Waals surface area contributed by atoms with Crippen LogP contribution in [0.3, 0.4) is 0 Å². The number of unbranched alkanes of at least 4 members (excludes halogenated alkanes) is 4. The molecule has 1 fully saturated rings. The van der Waals surface area contributed by atoms with E-state index in [4.69, 9.17) is 16.9 Å². The van der Waals surface area contributed by atoms with Crippen molar-refractivity contribution < 1.29 is 0 Å². The Morgan fingerprint density at radius 2 is 1.71 bits per heavy atom. The van der Waals surface area contributed by atoms with Crippen molar-refractivity contribution in [2.24, 2.45) is 0 Å². The highest BCUT2D eigenvalue weighted by molar-refractivity contribution is 6.30. The van der Waals surface area contributed by atoms with Crippen LogP contribution in [0.25, 0.3) is 0 Å². The fourth-order valence-electron chi connectivity index (χ4n) is 3.89. The minimum atomic E-state index is 0.173. The van der Waals surface area contributed by atoms with E-state index < -0.39 is 0 Å². The third kappa shape index (κ3) is 6.04. The molecule has 1 atom stereocenters. The molecule has 0 spiro atoms. The number of rotatable bonds is 9. The van der Waals surface area contributed by atoms with Crippen molar-refractivity contribution in [3.63, 3.8) is 0 Å². The summed E-state index contributed by atoms with van der Waals surface area (Å²) in [5.41, 5.74) is 2.34. The molecule has 1 aromatic carbocycles. The molecule has 4 nitrogen and oxygen atoms in total. The summed E-state index contributed by atoms with van der Waals surface area (Å²) in [5.74, 6) is 0. The van der Waals surface area contributed by atoms with Gasteiger partial charge in [0.1, 0.15) is 0 Å². The lowest BCUT2D eigenvalue weighted by Crippen LogP contribution is -2.48. The first-order chi connectivity index (χ1) is 13.8. The molecule has 148 valence electrons. The van der Waals surface area contributed by atoms with Gasteiger partial charge in [0.2, 0.25) is 0 Å². The van der Waals surface area contributed by atoms with Crippen molar-refractivity contribution in [3.8, 4) is 6.07 Å². The maximum absolute atomic E-state index is 8.60. The Morgan fingerprint density at radius 1 is 0.964 bits per heavy atom. The van der Waals surface area contributed by atoms with Crippen LogP contribution >= 0.6 is 11.6 Å². The van der Waals surface area contributed by atoms with Gasteiger partial charge in [0.05, 0.1) is 17.8 Å². The van der Waals surface area contributed by atoms with Crippen LogP contribution in [0, 0.1) is 11.3 Å². The van der Waals surface area contributed by atoms with Crippen molar-refractivity contribution in [1.82, 2.24) is 14.8 Å². The van der Waals surface area contributed by atoms with E-state index in [2.05, 4.69) is 45.1 Å². The predicted molar refractivity (Wildman–Crippen MR) is 114 cm³/mol. The normalized spacial score (nSPS) is 16.6. The smallest absolute Gasteiger partial charge is 0.0777 e. The van der Waals surface area contributed by atoms with E-state index in [0.29, 0.717) is 6.42 Å². The van der Waals surface area contributed by atoms with Gasteiger partial charge in [-0.2, -0.15) is 5.26 Å².